The lowest BCUT2D eigenvalue weighted by molar-refractivity contribution is -0.137. The summed E-state index contributed by atoms with van der Waals surface area (Å²) in [5.41, 5.74) is 8.47. The molecular weight excluding hydrogens is 353 g/mol. The molecule has 0 aliphatic heterocycles. The third-order valence-electron chi connectivity index (χ3n) is 3.17. The molecule has 7 nitrogen and oxygen atoms in total. The number of benzene rings is 2. The molecule has 2 aromatic carbocycles. The average Bonchev–Trinajstić information content (AvgIpc) is 2.59. The van der Waals surface area contributed by atoms with Crippen LogP contribution in [0.2, 0.25) is 0 Å². The molecule has 0 saturated carbocycles. The van der Waals surface area contributed by atoms with Crippen molar-refractivity contribution >= 4 is 23.5 Å². The Hall–Kier alpha value is -3.56. The van der Waals surface area contributed by atoms with Crippen molar-refractivity contribution in [1.29, 1.82) is 0 Å². The van der Waals surface area contributed by atoms with Gasteiger partial charge in [-0.2, -0.15) is 13.2 Å². The molecule has 0 radical (unpaired) electrons. The number of alkyl halides is 3. The zero-order chi connectivity index (χ0) is 19.3. The van der Waals surface area contributed by atoms with Crippen LogP contribution in [-0.2, 0) is 6.18 Å². The van der Waals surface area contributed by atoms with Crippen molar-refractivity contribution in [3.05, 3.63) is 65.2 Å². The number of hydrogen-bond acceptors (Lipinski definition) is 3. The van der Waals surface area contributed by atoms with E-state index in [0.717, 1.165) is 18.2 Å². The first-order valence-corrected chi connectivity index (χ1v) is 7.11. The van der Waals surface area contributed by atoms with Gasteiger partial charge in [0.15, 0.2) is 0 Å². The highest BCUT2D eigenvalue weighted by Crippen LogP contribution is 2.30. The van der Waals surface area contributed by atoms with Crippen LogP contribution in [0.5, 0.6) is 0 Å². The lowest BCUT2D eigenvalue weighted by Crippen LogP contribution is -2.43. The normalized spacial score (nSPS) is 10.7. The van der Waals surface area contributed by atoms with Gasteiger partial charge in [-0.15, -0.1) is 0 Å². The highest BCUT2D eigenvalue weighted by Gasteiger charge is 2.30. The van der Waals surface area contributed by atoms with Crippen LogP contribution in [0.25, 0.3) is 0 Å². The summed E-state index contributed by atoms with van der Waals surface area (Å²) in [5.74, 6) is -1.35. The third-order valence-corrected chi connectivity index (χ3v) is 3.17. The summed E-state index contributed by atoms with van der Waals surface area (Å²) < 4.78 is 37.8. The molecule has 0 fully saturated rings. The van der Waals surface area contributed by atoms with Crippen LogP contribution in [0.1, 0.15) is 26.3 Å². The maximum Gasteiger partial charge on any atom is 0.416 e. The Morgan fingerprint density at radius 3 is 2.08 bits per heavy atom. The predicted octanol–water partition coefficient (Wildman–Crippen LogP) is 2.27. The molecule has 26 heavy (non-hydrogen) atoms. The fourth-order valence-electron chi connectivity index (χ4n) is 1.91. The van der Waals surface area contributed by atoms with Gasteiger partial charge < -0.3 is 11.1 Å². The van der Waals surface area contributed by atoms with Crippen molar-refractivity contribution in [3.8, 4) is 0 Å². The number of halogens is 3. The van der Waals surface area contributed by atoms with Crippen LogP contribution in [-0.4, -0.2) is 17.8 Å². The molecule has 0 aliphatic rings. The first-order chi connectivity index (χ1) is 12.2. The van der Waals surface area contributed by atoms with Crippen molar-refractivity contribution in [2.75, 3.05) is 5.32 Å². The number of carbonyl (C=O) groups is 3. The number of primary amides is 1. The minimum atomic E-state index is -4.54. The molecular formula is C16H13F3N4O3. The summed E-state index contributed by atoms with van der Waals surface area (Å²) >= 11 is 0. The summed E-state index contributed by atoms with van der Waals surface area (Å²) in [6.07, 6.45) is -4.54. The third kappa shape index (κ3) is 4.97. The molecule has 0 spiro atoms. The van der Waals surface area contributed by atoms with Gasteiger partial charge in [0.2, 0.25) is 5.91 Å². The quantitative estimate of drug-likeness (QED) is 0.625. The largest absolute Gasteiger partial charge is 0.416 e. The number of rotatable bonds is 3. The topological polar surface area (TPSA) is 113 Å². The second-order valence-corrected chi connectivity index (χ2v) is 5.05. The first kappa shape index (κ1) is 18.8. The number of nitrogens with one attached hydrogen (secondary N) is 3. The molecule has 5 N–H and O–H groups in total. The molecule has 0 aliphatic carbocycles. The maximum atomic E-state index is 12.6. The zero-order valence-corrected chi connectivity index (χ0v) is 13.1. The Balaban J connectivity index is 1.92. The van der Waals surface area contributed by atoms with Crippen molar-refractivity contribution < 1.29 is 27.6 Å². The van der Waals surface area contributed by atoms with Crippen LogP contribution in [0.15, 0.2) is 48.5 Å². The predicted molar refractivity (Wildman–Crippen MR) is 86.0 cm³/mol. The molecule has 0 atom stereocenters. The van der Waals surface area contributed by atoms with Gasteiger partial charge in [0.05, 0.1) is 5.56 Å². The molecule has 0 heterocycles. The van der Waals surface area contributed by atoms with Gasteiger partial charge in [-0.25, -0.2) is 10.2 Å². The fourth-order valence-corrected chi connectivity index (χ4v) is 1.91. The van der Waals surface area contributed by atoms with Crippen LogP contribution in [0, 0.1) is 0 Å². The fraction of sp³-hybridized carbons (Fsp3) is 0.0625. The lowest BCUT2D eigenvalue weighted by atomic mass is 10.1. The summed E-state index contributed by atoms with van der Waals surface area (Å²) in [6, 6.07) is 8.39. The summed E-state index contributed by atoms with van der Waals surface area (Å²) in [5, 5.41) is 2.16. The van der Waals surface area contributed by atoms with Gasteiger partial charge in [0.25, 0.3) is 5.91 Å². The highest BCUT2D eigenvalue weighted by molar-refractivity contribution is 5.98. The highest BCUT2D eigenvalue weighted by atomic mass is 19.4. The van der Waals surface area contributed by atoms with Crippen molar-refractivity contribution in [2.24, 2.45) is 5.73 Å². The van der Waals surface area contributed by atoms with Gasteiger partial charge in [-0.3, -0.25) is 15.0 Å². The second-order valence-electron chi connectivity index (χ2n) is 5.05. The Bertz CT molecular complexity index is 835. The lowest BCUT2D eigenvalue weighted by Gasteiger charge is -2.11. The molecule has 2 rings (SSSR count). The molecule has 136 valence electrons. The number of amides is 4. The molecule has 10 heteroatoms. The van der Waals surface area contributed by atoms with Gasteiger partial charge in [-0.05, 0) is 42.5 Å². The van der Waals surface area contributed by atoms with E-state index in [2.05, 4.69) is 10.7 Å². The molecule has 0 bridgehead atoms. The minimum Gasteiger partial charge on any atom is -0.366 e. The van der Waals surface area contributed by atoms with E-state index in [1.165, 1.54) is 30.3 Å². The minimum absolute atomic E-state index is 0.0996. The van der Waals surface area contributed by atoms with Gasteiger partial charge in [0, 0.05) is 16.8 Å². The van der Waals surface area contributed by atoms with E-state index in [-0.39, 0.29) is 16.8 Å². The van der Waals surface area contributed by atoms with E-state index < -0.39 is 29.6 Å². The Morgan fingerprint density at radius 1 is 0.885 bits per heavy atom. The molecule has 0 saturated heterocycles. The van der Waals surface area contributed by atoms with Crippen LogP contribution in [0.3, 0.4) is 0 Å². The first-order valence-electron chi connectivity index (χ1n) is 7.11. The second kappa shape index (κ2) is 7.55. The van der Waals surface area contributed by atoms with E-state index in [4.69, 9.17) is 5.73 Å². The van der Waals surface area contributed by atoms with E-state index in [1.54, 1.807) is 0 Å². The summed E-state index contributed by atoms with van der Waals surface area (Å²) in [6.45, 7) is 0. The van der Waals surface area contributed by atoms with Crippen LogP contribution in [0.4, 0.5) is 23.7 Å². The number of hydrogen-bond donors (Lipinski definition) is 4. The maximum absolute atomic E-state index is 12.6. The van der Waals surface area contributed by atoms with Gasteiger partial charge in [-0.1, -0.05) is 6.07 Å². The number of hydrazine groups is 1. The van der Waals surface area contributed by atoms with Crippen LogP contribution >= 0.6 is 0 Å². The van der Waals surface area contributed by atoms with E-state index in [1.807, 2.05) is 5.43 Å². The van der Waals surface area contributed by atoms with Crippen LogP contribution < -0.4 is 21.9 Å². The summed E-state index contributed by atoms with van der Waals surface area (Å²) in [7, 11) is 0. The SMILES string of the molecule is NC(=O)c1ccc(C(=O)NNC(=O)Nc2cccc(C(F)(F)F)c2)cc1. The molecule has 2 aromatic rings. The average molecular weight is 366 g/mol. The van der Waals surface area contributed by atoms with E-state index in [0.29, 0.717) is 0 Å². The summed E-state index contributed by atoms with van der Waals surface area (Å²) in [4.78, 5) is 34.5. The number of urea groups is 1. The van der Waals surface area contributed by atoms with Crippen molar-refractivity contribution in [2.45, 2.75) is 6.18 Å². The van der Waals surface area contributed by atoms with Gasteiger partial charge in [0.1, 0.15) is 0 Å². The van der Waals surface area contributed by atoms with E-state index in [9.17, 15) is 27.6 Å². The van der Waals surface area contributed by atoms with Crippen molar-refractivity contribution in [3.63, 3.8) is 0 Å². The van der Waals surface area contributed by atoms with Crippen molar-refractivity contribution in [1.82, 2.24) is 10.9 Å². The molecule has 4 amide bonds. The number of carbonyl (C=O) groups excluding carboxylic acids is 3. The monoisotopic (exact) mass is 366 g/mol. The molecule has 0 aromatic heterocycles. The number of nitrogens with two attached hydrogens (primary N) is 1. The van der Waals surface area contributed by atoms with E-state index >= 15 is 0 Å². The standard InChI is InChI=1S/C16H13F3N4O3/c17-16(18,19)11-2-1-3-12(8-11)21-15(26)23-22-14(25)10-6-4-9(5-7-10)13(20)24/h1-8H,(H2,20,24)(H,22,25)(H2,21,23,26). The zero-order valence-electron chi connectivity index (χ0n) is 13.1. The molecule has 0 unspecified atom stereocenters. The number of anilines is 1. The Kier molecular flexibility index (Phi) is 5.45. The Morgan fingerprint density at radius 2 is 1.50 bits per heavy atom. The Labute approximate surface area is 145 Å². The smallest absolute Gasteiger partial charge is 0.366 e. The van der Waals surface area contributed by atoms with Gasteiger partial charge >= 0.3 is 12.2 Å².